The number of aliphatic hydroxyl groups excluding tert-OH is 1. The van der Waals surface area contributed by atoms with Gasteiger partial charge in [0.2, 0.25) is 0 Å². The van der Waals surface area contributed by atoms with Crippen LogP contribution in [0.5, 0.6) is 0 Å². The molecule has 3 heterocycles. The molecule has 5 rings (SSSR count). The van der Waals surface area contributed by atoms with Crippen LogP contribution < -0.4 is 5.69 Å². The molecule has 1 amide bonds. The minimum atomic E-state index is -4.95. The van der Waals surface area contributed by atoms with Gasteiger partial charge in [-0.15, -0.1) is 10.2 Å². The lowest BCUT2D eigenvalue weighted by atomic mass is 10.1. The summed E-state index contributed by atoms with van der Waals surface area (Å²) in [6.45, 7) is -0.0962. The van der Waals surface area contributed by atoms with E-state index in [2.05, 4.69) is 15.2 Å². The van der Waals surface area contributed by atoms with Gasteiger partial charge in [-0.1, -0.05) is 29.3 Å². The maximum atomic E-state index is 13.3. The van der Waals surface area contributed by atoms with Crippen molar-refractivity contribution >= 4 is 29.1 Å². The largest absolute Gasteiger partial charge is 0.416 e. The summed E-state index contributed by atoms with van der Waals surface area (Å²) < 4.78 is 42.4. The highest BCUT2D eigenvalue weighted by molar-refractivity contribution is 6.33. The van der Waals surface area contributed by atoms with Gasteiger partial charge in [-0.05, 0) is 55.7 Å². The van der Waals surface area contributed by atoms with Crippen molar-refractivity contribution in [1.29, 1.82) is 0 Å². The van der Waals surface area contributed by atoms with Crippen LogP contribution in [0.15, 0.2) is 53.6 Å². The van der Waals surface area contributed by atoms with E-state index in [1.165, 1.54) is 35.3 Å². The number of aromatic nitrogens is 6. The number of para-hydroxylation sites is 1. The lowest BCUT2D eigenvalue weighted by molar-refractivity contribution is -0.207. The smallest absolute Gasteiger partial charge is 0.382 e. The van der Waals surface area contributed by atoms with Crippen LogP contribution in [0.3, 0.4) is 0 Å². The van der Waals surface area contributed by atoms with Crippen LogP contribution in [0.4, 0.5) is 13.2 Å². The molecule has 1 saturated heterocycles. The van der Waals surface area contributed by atoms with Crippen molar-refractivity contribution in [2.24, 2.45) is 0 Å². The number of rotatable bonds is 7. The molecule has 1 N–H and O–H groups in total. The number of amides is 1. The number of halogens is 5. The van der Waals surface area contributed by atoms with Gasteiger partial charge in [0.25, 0.3) is 5.91 Å². The highest BCUT2D eigenvalue weighted by Gasteiger charge is 2.39. The Morgan fingerprint density at radius 1 is 1.02 bits per heavy atom. The van der Waals surface area contributed by atoms with Crippen LogP contribution in [-0.4, -0.2) is 70.4 Å². The predicted octanol–water partition coefficient (Wildman–Crippen LogP) is 4.20. The lowest BCUT2D eigenvalue weighted by Gasteiger charge is -2.27. The van der Waals surface area contributed by atoms with Gasteiger partial charge in [-0.3, -0.25) is 9.36 Å². The number of nitrogens with zero attached hydrogens (tertiary/aromatic N) is 7. The first-order chi connectivity index (χ1) is 19.5. The lowest BCUT2D eigenvalue weighted by Crippen LogP contribution is -2.37. The van der Waals surface area contributed by atoms with E-state index in [-0.39, 0.29) is 29.1 Å². The molecular formula is C26H24Cl2F3N7O3. The summed E-state index contributed by atoms with van der Waals surface area (Å²) in [6, 6.07) is 10.9. The van der Waals surface area contributed by atoms with Gasteiger partial charge in [-0.25, -0.2) is 19.1 Å². The van der Waals surface area contributed by atoms with E-state index in [0.29, 0.717) is 34.9 Å². The molecule has 216 valence electrons. The van der Waals surface area contributed by atoms with Crippen molar-refractivity contribution in [3.05, 3.63) is 80.7 Å². The van der Waals surface area contributed by atoms with Crippen LogP contribution in [0, 0.1) is 0 Å². The van der Waals surface area contributed by atoms with Crippen LogP contribution >= 0.6 is 23.2 Å². The Hall–Kier alpha value is -3.68. The summed E-state index contributed by atoms with van der Waals surface area (Å²) in [7, 11) is 0. The Bertz CT molecular complexity index is 1610. The maximum Gasteiger partial charge on any atom is 0.416 e. The van der Waals surface area contributed by atoms with Crippen molar-refractivity contribution in [3.8, 4) is 17.1 Å². The Balaban J connectivity index is 1.48. The van der Waals surface area contributed by atoms with E-state index < -0.39 is 24.5 Å². The Kier molecular flexibility index (Phi) is 8.20. The summed E-state index contributed by atoms with van der Waals surface area (Å²) in [4.78, 5) is 32.4. The number of alkyl halides is 3. The van der Waals surface area contributed by atoms with Crippen LogP contribution in [-0.2, 0) is 13.1 Å². The number of hydrogen-bond acceptors (Lipinski definition) is 6. The molecule has 2 aromatic carbocycles. The number of carbonyl (C=O) groups is 1. The van der Waals surface area contributed by atoms with Crippen molar-refractivity contribution < 1.29 is 23.1 Å². The van der Waals surface area contributed by atoms with Crippen LogP contribution in [0.2, 0.25) is 10.0 Å². The third-order valence-corrected chi connectivity index (χ3v) is 7.24. The van der Waals surface area contributed by atoms with E-state index in [4.69, 9.17) is 23.2 Å². The van der Waals surface area contributed by atoms with Gasteiger partial charge < -0.3 is 10.0 Å². The Labute approximate surface area is 241 Å². The van der Waals surface area contributed by atoms with E-state index in [1.54, 1.807) is 23.1 Å². The number of benzene rings is 2. The number of aliphatic hydroxyl groups is 1. The molecule has 15 heteroatoms. The molecule has 1 unspecified atom stereocenters. The highest BCUT2D eigenvalue weighted by atomic mass is 35.5. The zero-order valence-electron chi connectivity index (χ0n) is 21.4. The highest BCUT2D eigenvalue weighted by Crippen LogP contribution is 2.27. The zero-order valence-corrected chi connectivity index (χ0v) is 22.9. The maximum absolute atomic E-state index is 13.3. The fourth-order valence-corrected chi connectivity index (χ4v) is 4.98. The molecule has 2 aromatic heterocycles. The molecule has 1 aliphatic heterocycles. The summed E-state index contributed by atoms with van der Waals surface area (Å²) in [5.74, 6) is -0.202. The second-order valence-electron chi connectivity index (χ2n) is 9.53. The van der Waals surface area contributed by atoms with Gasteiger partial charge in [0.1, 0.15) is 12.9 Å². The minimum absolute atomic E-state index is 0.0899. The Morgan fingerprint density at radius 3 is 2.41 bits per heavy atom. The van der Waals surface area contributed by atoms with Crippen molar-refractivity contribution in [3.63, 3.8) is 0 Å². The second kappa shape index (κ2) is 11.7. The van der Waals surface area contributed by atoms with E-state index >= 15 is 0 Å². The number of likely N-dealkylation sites (tertiary alicyclic amines) is 1. The Morgan fingerprint density at radius 2 is 1.73 bits per heavy atom. The summed E-state index contributed by atoms with van der Waals surface area (Å²) >= 11 is 12.4. The molecular weight excluding hydrogens is 586 g/mol. The minimum Gasteiger partial charge on any atom is -0.382 e. The quantitative estimate of drug-likeness (QED) is 0.336. The van der Waals surface area contributed by atoms with Crippen molar-refractivity contribution in [2.75, 3.05) is 13.1 Å². The molecule has 1 atom stereocenters. The SMILES string of the molecule is O=C(c1cccc(Cl)c1-n1cnc(Cn2nc(-c3ccc(Cl)cc3)n(CC(O)C(F)(F)F)c2=O)n1)N1CCCCC1. The fourth-order valence-electron chi connectivity index (χ4n) is 4.60. The van der Waals surface area contributed by atoms with Gasteiger partial charge in [-0.2, -0.15) is 13.2 Å². The summed E-state index contributed by atoms with van der Waals surface area (Å²) in [5, 5.41) is 18.9. The number of piperidine rings is 1. The molecule has 0 bridgehead atoms. The second-order valence-corrected chi connectivity index (χ2v) is 10.4. The molecule has 0 spiro atoms. The molecule has 1 aliphatic rings. The standard InChI is InChI=1S/C26H24Cl2F3N7O3/c27-17-9-7-16(8-10-17)23-34-37(25(41)36(23)13-20(39)26(29,30)31)14-21-32-15-38(33-21)22-18(5-4-6-19(22)28)24(40)35-11-2-1-3-12-35/h4-10,15,20,39H,1-3,11-14H2. The summed E-state index contributed by atoms with van der Waals surface area (Å²) in [6.07, 6.45) is -3.53. The zero-order chi connectivity index (χ0) is 29.3. The van der Waals surface area contributed by atoms with E-state index in [1.807, 2.05) is 0 Å². The molecule has 10 nitrogen and oxygen atoms in total. The molecule has 0 saturated carbocycles. The first-order valence-electron chi connectivity index (χ1n) is 12.7. The average Bonchev–Trinajstić information content (AvgIpc) is 3.53. The number of hydrogen-bond donors (Lipinski definition) is 1. The van der Waals surface area contributed by atoms with E-state index in [0.717, 1.165) is 28.5 Å². The predicted molar refractivity (Wildman–Crippen MR) is 144 cm³/mol. The summed E-state index contributed by atoms with van der Waals surface area (Å²) in [5.41, 5.74) is 0.0586. The topological polar surface area (TPSA) is 111 Å². The first-order valence-corrected chi connectivity index (χ1v) is 13.5. The van der Waals surface area contributed by atoms with Gasteiger partial charge in [0.15, 0.2) is 17.8 Å². The average molecular weight is 610 g/mol. The van der Waals surface area contributed by atoms with Gasteiger partial charge >= 0.3 is 11.9 Å². The molecule has 0 aliphatic carbocycles. The van der Waals surface area contributed by atoms with Crippen molar-refractivity contribution in [2.45, 2.75) is 44.6 Å². The van der Waals surface area contributed by atoms with Crippen LogP contribution in [0.1, 0.15) is 35.4 Å². The molecule has 0 radical (unpaired) electrons. The van der Waals surface area contributed by atoms with Crippen molar-refractivity contribution in [1.82, 2.24) is 34.0 Å². The number of carbonyl (C=O) groups excluding carboxylic acids is 1. The van der Waals surface area contributed by atoms with Gasteiger partial charge in [0.05, 0.1) is 22.8 Å². The molecule has 1 fully saturated rings. The third kappa shape index (κ3) is 6.16. The van der Waals surface area contributed by atoms with Gasteiger partial charge in [0, 0.05) is 23.7 Å². The fraction of sp³-hybridized carbons (Fsp3) is 0.346. The molecule has 4 aromatic rings. The molecule has 41 heavy (non-hydrogen) atoms. The third-order valence-electron chi connectivity index (χ3n) is 6.68. The first kappa shape index (κ1) is 28.8. The monoisotopic (exact) mass is 609 g/mol. The van der Waals surface area contributed by atoms with E-state index in [9.17, 15) is 27.9 Å². The van der Waals surface area contributed by atoms with Crippen LogP contribution in [0.25, 0.3) is 17.1 Å². The normalized spacial score (nSPS) is 14.8.